The summed E-state index contributed by atoms with van der Waals surface area (Å²) in [5, 5.41) is 3.23. The fraction of sp³-hybridized carbons (Fsp3) is 0.702. The van der Waals surface area contributed by atoms with Gasteiger partial charge in [0.2, 0.25) is 0 Å². The Labute approximate surface area is 327 Å². The summed E-state index contributed by atoms with van der Waals surface area (Å²) in [6, 6.07) is 2.95. The Balaban J connectivity index is 1.43. The number of rotatable bonds is 17. The third-order valence-corrected chi connectivity index (χ3v) is 13.3. The highest BCUT2D eigenvalue weighted by molar-refractivity contribution is 5.44. The molecule has 290 valence electrons. The Morgan fingerprint density at radius 2 is 1.31 bits per heavy atom. The van der Waals surface area contributed by atoms with Crippen LogP contribution in [-0.2, 0) is 14.2 Å². The molecular formula is C47H64N4O3. The Bertz CT molecular complexity index is 1630. The molecule has 11 atom stereocenters. The van der Waals surface area contributed by atoms with Crippen molar-refractivity contribution in [3.63, 3.8) is 0 Å². The molecule has 4 rings (SSSR count). The molecule has 54 heavy (non-hydrogen) atoms. The summed E-state index contributed by atoms with van der Waals surface area (Å²) >= 11 is 0. The average Bonchev–Trinajstić information content (AvgIpc) is 3.53. The SMILES string of the molecule is C#CC#CC#CC#CC#CC#CC#CNCCC[C@@H](C)[C@H]1CC[C@H]2[C@@H]3[C@H](OCCCN)C[C@@H]4C[C@H](OCCCN)CC[C@]4(C)[C@H]3C[C@H](OCCCN)[C@]12C. The lowest BCUT2D eigenvalue weighted by Gasteiger charge is -2.65. The van der Waals surface area contributed by atoms with E-state index >= 15 is 0 Å². The van der Waals surface area contributed by atoms with E-state index in [1.54, 1.807) is 0 Å². The summed E-state index contributed by atoms with van der Waals surface area (Å²) in [5.74, 6) is 34.3. The second-order valence-corrected chi connectivity index (χ2v) is 16.2. The molecule has 4 saturated carbocycles. The predicted molar refractivity (Wildman–Crippen MR) is 218 cm³/mol. The maximum atomic E-state index is 7.00. The summed E-state index contributed by atoms with van der Waals surface area (Å²) in [6.45, 7) is 12.7. The second kappa shape index (κ2) is 22.8. The number of nitrogens with one attached hydrogen (secondary N) is 1. The summed E-state index contributed by atoms with van der Waals surface area (Å²) in [7, 11) is 0. The molecule has 7 N–H and O–H groups in total. The van der Waals surface area contributed by atoms with Crippen molar-refractivity contribution in [2.75, 3.05) is 46.0 Å². The molecule has 0 unspecified atom stereocenters. The third kappa shape index (κ3) is 11.3. The maximum Gasteiger partial charge on any atom is 0.0637 e. The van der Waals surface area contributed by atoms with E-state index in [1.165, 1.54) is 19.3 Å². The first-order valence-electron chi connectivity index (χ1n) is 20.5. The largest absolute Gasteiger partial charge is 0.378 e. The standard InChI is InChI=1S/C47H64N4O3/c1-5-6-7-8-9-10-11-12-13-14-15-16-29-51-30-17-21-37(2)40-22-23-41-45-42(36-44(47(40,41)4)54-33-20-28-50)46(3)25-24-39(52-31-18-26-48)34-38(46)35-43(45)53-32-19-27-49/h1,37-45,51H,17-28,30-36,48-50H2,2-4H3/t37-,38+,39-,40-,41+,42+,43-,44+,45+,46+,47-/m1/s1. The fourth-order valence-electron chi connectivity index (χ4n) is 10.8. The van der Waals surface area contributed by atoms with E-state index in [0.717, 1.165) is 84.2 Å². The van der Waals surface area contributed by atoms with Crippen LogP contribution in [0.25, 0.3) is 0 Å². The zero-order chi connectivity index (χ0) is 38.7. The minimum Gasteiger partial charge on any atom is -0.378 e. The number of hydrogen-bond acceptors (Lipinski definition) is 7. The lowest BCUT2D eigenvalue weighted by atomic mass is 9.43. The molecule has 0 aromatic carbocycles. The molecule has 0 saturated heterocycles. The van der Waals surface area contributed by atoms with Crippen molar-refractivity contribution in [2.45, 2.75) is 116 Å². The predicted octanol–water partition coefficient (Wildman–Crippen LogP) is 4.68. The first-order chi connectivity index (χ1) is 26.3. The van der Waals surface area contributed by atoms with E-state index in [2.05, 4.69) is 103 Å². The molecule has 0 amide bonds. The van der Waals surface area contributed by atoms with Crippen LogP contribution < -0.4 is 22.5 Å². The topological polar surface area (TPSA) is 118 Å². The van der Waals surface area contributed by atoms with Gasteiger partial charge >= 0.3 is 0 Å². The van der Waals surface area contributed by atoms with Gasteiger partial charge in [0.05, 0.1) is 18.3 Å². The van der Waals surface area contributed by atoms with Crippen molar-refractivity contribution in [3.05, 3.63) is 0 Å². The highest BCUT2D eigenvalue weighted by Crippen LogP contribution is 2.69. The first kappa shape index (κ1) is 43.2. The number of terminal acetylenes is 1. The Morgan fingerprint density at radius 3 is 1.96 bits per heavy atom. The molecule has 0 aromatic rings. The zero-order valence-electron chi connectivity index (χ0n) is 33.2. The van der Waals surface area contributed by atoms with Gasteiger partial charge in [-0.25, -0.2) is 0 Å². The van der Waals surface area contributed by atoms with Crippen LogP contribution in [-0.4, -0.2) is 64.3 Å². The van der Waals surface area contributed by atoms with Crippen molar-refractivity contribution in [1.29, 1.82) is 0 Å². The normalized spacial score (nSPS) is 32.0. The lowest BCUT2D eigenvalue weighted by molar-refractivity contribution is -0.227. The van der Waals surface area contributed by atoms with Gasteiger partial charge in [0.25, 0.3) is 0 Å². The summed E-state index contributed by atoms with van der Waals surface area (Å²) < 4.78 is 20.3. The third-order valence-electron chi connectivity index (χ3n) is 13.3. The van der Waals surface area contributed by atoms with Crippen LogP contribution in [0.1, 0.15) is 97.8 Å². The number of fused-ring (bicyclic) bond motifs is 5. The molecule has 7 heteroatoms. The van der Waals surface area contributed by atoms with Crippen LogP contribution in [0.4, 0.5) is 0 Å². The first-order valence-corrected chi connectivity index (χ1v) is 20.5. The van der Waals surface area contributed by atoms with Gasteiger partial charge in [-0.3, -0.25) is 0 Å². The van der Waals surface area contributed by atoms with Gasteiger partial charge in [0.1, 0.15) is 0 Å². The van der Waals surface area contributed by atoms with Gasteiger partial charge in [-0.05, 0) is 173 Å². The Kier molecular flexibility index (Phi) is 18.2. The van der Waals surface area contributed by atoms with Gasteiger partial charge in [0, 0.05) is 73.3 Å². The summed E-state index contributed by atoms with van der Waals surface area (Å²) in [4.78, 5) is 0. The Morgan fingerprint density at radius 1 is 0.704 bits per heavy atom. The molecule has 4 aliphatic rings. The Hall–Kier alpha value is -3.52. The minimum absolute atomic E-state index is 0.0905. The van der Waals surface area contributed by atoms with Gasteiger partial charge in [-0.1, -0.05) is 20.8 Å². The van der Waals surface area contributed by atoms with Gasteiger partial charge in [-0.2, -0.15) is 0 Å². The van der Waals surface area contributed by atoms with Gasteiger partial charge in [-0.15, -0.1) is 6.42 Å². The van der Waals surface area contributed by atoms with Crippen molar-refractivity contribution in [1.82, 2.24) is 5.32 Å². The van der Waals surface area contributed by atoms with Crippen molar-refractivity contribution >= 4 is 0 Å². The molecule has 7 nitrogen and oxygen atoms in total. The molecule has 4 aliphatic carbocycles. The van der Waals surface area contributed by atoms with Crippen molar-refractivity contribution < 1.29 is 14.2 Å². The van der Waals surface area contributed by atoms with Crippen molar-refractivity contribution in [2.24, 2.45) is 63.5 Å². The lowest BCUT2D eigenvalue weighted by Crippen LogP contribution is -2.63. The van der Waals surface area contributed by atoms with Crippen LogP contribution >= 0.6 is 0 Å². The molecular weight excluding hydrogens is 669 g/mol. The van der Waals surface area contributed by atoms with Crippen LogP contribution in [0.15, 0.2) is 0 Å². The summed E-state index contributed by atoms with van der Waals surface area (Å²) in [5.41, 5.74) is 18.1. The smallest absolute Gasteiger partial charge is 0.0637 e. The minimum atomic E-state index is 0.0905. The molecule has 0 radical (unpaired) electrons. The molecule has 0 aliphatic heterocycles. The van der Waals surface area contributed by atoms with Gasteiger partial charge in [0.15, 0.2) is 0 Å². The van der Waals surface area contributed by atoms with Crippen LogP contribution in [0, 0.1) is 130 Å². The quantitative estimate of drug-likeness (QED) is 0.0975. The number of nitrogens with two attached hydrogens (primary N) is 3. The van der Waals surface area contributed by atoms with Crippen LogP contribution in [0.2, 0.25) is 0 Å². The maximum absolute atomic E-state index is 7.00. The van der Waals surface area contributed by atoms with E-state index in [9.17, 15) is 0 Å². The second-order valence-electron chi connectivity index (χ2n) is 16.2. The molecule has 4 fully saturated rings. The van der Waals surface area contributed by atoms with Crippen molar-refractivity contribution in [3.8, 4) is 83.5 Å². The number of ether oxygens (including phenoxy) is 3. The van der Waals surface area contributed by atoms with E-state index in [-0.39, 0.29) is 23.0 Å². The van der Waals surface area contributed by atoms with E-state index in [4.69, 9.17) is 37.8 Å². The number of hydrogen-bond donors (Lipinski definition) is 4. The van der Waals surface area contributed by atoms with E-state index in [1.807, 2.05) is 0 Å². The highest BCUT2D eigenvalue weighted by Gasteiger charge is 2.66. The van der Waals surface area contributed by atoms with E-state index < -0.39 is 0 Å². The zero-order valence-corrected chi connectivity index (χ0v) is 33.2. The van der Waals surface area contributed by atoms with Crippen LogP contribution in [0.5, 0.6) is 0 Å². The van der Waals surface area contributed by atoms with Crippen LogP contribution in [0.3, 0.4) is 0 Å². The van der Waals surface area contributed by atoms with E-state index in [0.29, 0.717) is 61.2 Å². The fourth-order valence-corrected chi connectivity index (χ4v) is 10.8. The molecule has 0 spiro atoms. The highest BCUT2D eigenvalue weighted by atomic mass is 16.5. The van der Waals surface area contributed by atoms with Gasteiger partial charge < -0.3 is 36.7 Å². The summed E-state index contributed by atoms with van der Waals surface area (Å²) in [6.07, 6.45) is 18.9. The monoisotopic (exact) mass is 732 g/mol. The molecule has 0 heterocycles. The molecule has 0 aromatic heterocycles. The average molecular weight is 733 g/mol. The molecule has 0 bridgehead atoms.